The Labute approximate surface area is 222 Å². The molecule has 0 unspecified atom stereocenters. The van der Waals surface area contributed by atoms with Crippen LogP contribution in [0, 0.1) is 5.82 Å². The van der Waals surface area contributed by atoms with Crippen molar-refractivity contribution >= 4 is 16.7 Å². The van der Waals surface area contributed by atoms with Gasteiger partial charge in [-0.05, 0) is 82.3 Å². The lowest BCUT2D eigenvalue weighted by Crippen LogP contribution is -2.46. The molecule has 0 radical (unpaired) electrons. The summed E-state index contributed by atoms with van der Waals surface area (Å²) in [4.78, 5) is 21.8. The molecule has 1 aliphatic heterocycles. The normalized spacial score (nSPS) is 22.4. The first kappa shape index (κ1) is 26.9. The summed E-state index contributed by atoms with van der Waals surface area (Å²) in [5.41, 5.74) is 3.10. The van der Waals surface area contributed by atoms with Crippen LogP contribution in [0.5, 0.6) is 0 Å². The molecule has 1 saturated heterocycles. The highest BCUT2D eigenvalue weighted by Crippen LogP contribution is 2.41. The number of nitrogens with zero attached hydrogens (tertiary/aromatic N) is 4. The molecule has 1 aromatic carbocycles. The lowest BCUT2D eigenvalue weighted by atomic mass is 9.80. The predicted molar refractivity (Wildman–Crippen MR) is 144 cm³/mol. The number of benzene rings is 1. The fourth-order valence-electron chi connectivity index (χ4n) is 6.03. The number of hydrogen-bond donors (Lipinski definition) is 0. The summed E-state index contributed by atoms with van der Waals surface area (Å²) >= 11 is 0. The lowest BCUT2D eigenvalue weighted by molar-refractivity contribution is -0.0659. The predicted octanol–water partition coefficient (Wildman–Crippen LogP) is 6.44. The molecule has 0 spiro atoms. The molecule has 5 nitrogen and oxygen atoms in total. The minimum atomic E-state index is -2.52. The fraction of sp³-hybridized carbons (Fsp3) is 0.533. The van der Waals surface area contributed by atoms with Crippen LogP contribution in [0.1, 0.15) is 74.2 Å². The van der Waals surface area contributed by atoms with Crippen molar-refractivity contribution in [2.45, 2.75) is 76.3 Å². The molecule has 1 saturated carbocycles. The van der Waals surface area contributed by atoms with Gasteiger partial charge in [0.15, 0.2) is 5.78 Å². The van der Waals surface area contributed by atoms with Gasteiger partial charge in [-0.2, -0.15) is 0 Å². The number of likely N-dealkylation sites (tertiary alicyclic amines) is 1. The van der Waals surface area contributed by atoms with E-state index < -0.39 is 11.7 Å². The molecule has 5 rings (SSSR count). The maximum absolute atomic E-state index is 14.3. The van der Waals surface area contributed by atoms with Crippen molar-refractivity contribution in [3.05, 3.63) is 59.8 Å². The van der Waals surface area contributed by atoms with E-state index in [1.165, 1.54) is 17.7 Å². The van der Waals surface area contributed by atoms with Crippen molar-refractivity contribution in [3.63, 3.8) is 0 Å². The standard InChI is InChI=1S/C30H37F3N4O/c1-20(2)35(3)19-29(38)25-16-22(31)6-9-27(25)37-18-26(24-10-13-34-17-28(24)37)21-4-7-23(8-5-21)36-14-11-30(32,33)12-15-36/h6,9-10,13,16-18,20-21,23H,4-5,7-8,11-12,14-15,19H2,1-3H3/t21-,23-. The van der Waals surface area contributed by atoms with Crippen molar-refractivity contribution < 1.29 is 18.0 Å². The number of ketones is 1. The summed E-state index contributed by atoms with van der Waals surface area (Å²) in [5.74, 6) is -2.76. The number of aromatic nitrogens is 2. The third kappa shape index (κ3) is 5.52. The summed E-state index contributed by atoms with van der Waals surface area (Å²) in [6.45, 7) is 5.19. The molecule has 8 heteroatoms. The molecule has 1 aliphatic carbocycles. The second-order valence-electron chi connectivity index (χ2n) is 11.3. The smallest absolute Gasteiger partial charge is 0.250 e. The number of piperidine rings is 1. The zero-order valence-electron chi connectivity index (χ0n) is 22.5. The van der Waals surface area contributed by atoms with Crippen molar-refractivity contribution in [2.24, 2.45) is 0 Å². The molecule has 3 aromatic rings. The van der Waals surface area contributed by atoms with Crippen molar-refractivity contribution in [3.8, 4) is 5.69 Å². The van der Waals surface area contributed by atoms with Gasteiger partial charge in [-0.15, -0.1) is 0 Å². The average molecular weight is 527 g/mol. The Morgan fingerprint density at radius 2 is 1.84 bits per heavy atom. The number of halogens is 3. The van der Waals surface area contributed by atoms with E-state index in [1.807, 2.05) is 36.4 Å². The van der Waals surface area contributed by atoms with Gasteiger partial charge in [0.2, 0.25) is 0 Å². The quantitative estimate of drug-likeness (QED) is 0.332. The van der Waals surface area contributed by atoms with Gasteiger partial charge in [0.05, 0.1) is 23.9 Å². The van der Waals surface area contributed by atoms with Crippen molar-refractivity contribution in [2.75, 3.05) is 26.7 Å². The zero-order chi connectivity index (χ0) is 27.0. The maximum Gasteiger partial charge on any atom is 0.250 e. The van der Waals surface area contributed by atoms with E-state index in [0.717, 1.165) is 36.6 Å². The number of fused-ring (bicyclic) bond motifs is 1. The molecule has 38 heavy (non-hydrogen) atoms. The lowest BCUT2D eigenvalue weighted by Gasteiger charge is -2.40. The first-order chi connectivity index (χ1) is 18.1. The highest BCUT2D eigenvalue weighted by atomic mass is 19.3. The van der Waals surface area contributed by atoms with E-state index in [2.05, 4.69) is 16.1 Å². The summed E-state index contributed by atoms with van der Waals surface area (Å²) < 4.78 is 43.6. The van der Waals surface area contributed by atoms with Gasteiger partial charge >= 0.3 is 0 Å². The number of likely N-dealkylation sites (N-methyl/N-ethyl adjacent to an activating group) is 1. The Morgan fingerprint density at radius 1 is 1.13 bits per heavy atom. The SMILES string of the molecule is CC(C)N(C)CC(=O)c1cc(F)ccc1-n1cc([C@H]2CC[C@H](N3CCC(F)(F)CC3)CC2)c2ccncc21. The summed E-state index contributed by atoms with van der Waals surface area (Å²) in [5, 5.41) is 1.09. The van der Waals surface area contributed by atoms with E-state index in [0.29, 0.717) is 36.3 Å². The number of rotatable bonds is 7. The number of carbonyl (C=O) groups excluding carboxylic acids is 1. The topological polar surface area (TPSA) is 41.4 Å². The molecule has 0 N–H and O–H groups in total. The zero-order valence-corrected chi connectivity index (χ0v) is 22.5. The molecule has 2 aromatic heterocycles. The van der Waals surface area contributed by atoms with E-state index in [9.17, 15) is 18.0 Å². The molecule has 3 heterocycles. The van der Waals surface area contributed by atoms with E-state index in [-0.39, 0.29) is 31.2 Å². The van der Waals surface area contributed by atoms with E-state index in [4.69, 9.17) is 0 Å². The van der Waals surface area contributed by atoms with Crippen LogP contribution in [-0.4, -0.2) is 69.8 Å². The Balaban J connectivity index is 1.42. The van der Waals surface area contributed by atoms with E-state index >= 15 is 0 Å². The van der Waals surface area contributed by atoms with Crippen LogP contribution in [0.25, 0.3) is 16.6 Å². The molecule has 0 atom stereocenters. The van der Waals surface area contributed by atoms with Gasteiger partial charge in [-0.3, -0.25) is 19.6 Å². The fourth-order valence-corrected chi connectivity index (χ4v) is 6.03. The first-order valence-corrected chi connectivity index (χ1v) is 13.7. The van der Waals surface area contributed by atoms with Crippen LogP contribution < -0.4 is 0 Å². The Kier molecular flexibility index (Phi) is 7.65. The molecule has 0 bridgehead atoms. The number of alkyl halides is 2. The summed E-state index contributed by atoms with van der Waals surface area (Å²) in [6, 6.07) is 6.97. The highest BCUT2D eigenvalue weighted by molar-refractivity contribution is 6.01. The maximum atomic E-state index is 14.3. The van der Waals surface area contributed by atoms with Crippen LogP contribution >= 0.6 is 0 Å². The van der Waals surface area contributed by atoms with E-state index in [1.54, 1.807) is 18.5 Å². The highest BCUT2D eigenvalue weighted by Gasteiger charge is 2.37. The second kappa shape index (κ2) is 10.8. The number of pyridine rings is 1. The van der Waals surface area contributed by atoms with Crippen LogP contribution in [0.2, 0.25) is 0 Å². The number of carbonyl (C=O) groups is 1. The van der Waals surface area contributed by atoms with Crippen molar-refractivity contribution in [1.29, 1.82) is 0 Å². The largest absolute Gasteiger partial charge is 0.314 e. The Hall–Kier alpha value is -2.71. The first-order valence-electron chi connectivity index (χ1n) is 13.7. The van der Waals surface area contributed by atoms with Gasteiger partial charge in [0, 0.05) is 61.4 Å². The number of Topliss-reactive ketones (excluding diaryl/α,β-unsaturated/α-hetero) is 1. The Morgan fingerprint density at radius 3 is 2.53 bits per heavy atom. The van der Waals surface area contributed by atoms with Gasteiger partial charge in [0.1, 0.15) is 5.82 Å². The third-order valence-electron chi connectivity index (χ3n) is 8.61. The Bertz CT molecular complexity index is 1290. The van der Waals surface area contributed by atoms with Crippen molar-refractivity contribution in [1.82, 2.24) is 19.4 Å². The van der Waals surface area contributed by atoms with Crippen LogP contribution in [0.3, 0.4) is 0 Å². The minimum Gasteiger partial charge on any atom is -0.314 e. The summed E-state index contributed by atoms with van der Waals surface area (Å²) in [6.07, 6.45) is 9.51. The summed E-state index contributed by atoms with van der Waals surface area (Å²) in [7, 11) is 1.89. The van der Waals surface area contributed by atoms with Gasteiger partial charge < -0.3 is 4.57 Å². The van der Waals surface area contributed by atoms with Crippen LogP contribution in [0.15, 0.2) is 42.9 Å². The second-order valence-corrected chi connectivity index (χ2v) is 11.3. The molecular formula is C30H37F3N4O. The monoisotopic (exact) mass is 526 g/mol. The molecule has 0 amide bonds. The molecular weight excluding hydrogens is 489 g/mol. The molecule has 204 valence electrons. The number of hydrogen-bond acceptors (Lipinski definition) is 4. The van der Waals surface area contributed by atoms with Gasteiger partial charge in [-0.25, -0.2) is 13.2 Å². The van der Waals surface area contributed by atoms with Gasteiger partial charge in [-0.1, -0.05) is 0 Å². The third-order valence-corrected chi connectivity index (χ3v) is 8.61. The molecule has 2 aliphatic rings. The average Bonchev–Trinajstić information content (AvgIpc) is 3.28. The van der Waals surface area contributed by atoms with Gasteiger partial charge in [0.25, 0.3) is 5.92 Å². The molecule has 2 fully saturated rings. The minimum absolute atomic E-state index is 0.0426. The van der Waals surface area contributed by atoms with Crippen LogP contribution in [-0.2, 0) is 0 Å². The van der Waals surface area contributed by atoms with Crippen LogP contribution in [0.4, 0.5) is 13.2 Å².